The zero-order chi connectivity index (χ0) is 15.7. The van der Waals surface area contributed by atoms with E-state index < -0.39 is 17.6 Å². The monoisotopic (exact) mass is 306 g/mol. The van der Waals surface area contributed by atoms with Crippen molar-refractivity contribution in [3.05, 3.63) is 59.4 Å². The van der Waals surface area contributed by atoms with Gasteiger partial charge in [0.25, 0.3) is 5.91 Å². The molecule has 22 heavy (non-hydrogen) atoms. The van der Waals surface area contributed by atoms with Gasteiger partial charge in [-0.05, 0) is 43.2 Å². The Hall–Kier alpha value is -2.37. The van der Waals surface area contributed by atoms with Gasteiger partial charge in [-0.2, -0.15) is 13.2 Å². The van der Waals surface area contributed by atoms with E-state index >= 15 is 0 Å². The Labute approximate surface area is 125 Å². The van der Waals surface area contributed by atoms with Crippen LogP contribution in [0.25, 0.3) is 0 Å². The highest BCUT2D eigenvalue weighted by Gasteiger charge is 2.32. The van der Waals surface area contributed by atoms with Gasteiger partial charge in [-0.15, -0.1) is 0 Å². The number of pyridine rings is 1. The fourth-order valence-corrected chi connectivity index (χ4v) is 2.59. The summed E-state index contributed by atoms with van der Waals surface area (Å²) >= 11 is 0. The highest BCUT2D eigenvalue weighted by molar-refractivity contribution is 6.06. The normalized spacial score (nSPS) is 14.6. The van der Waals surface area contributed by atoms with E-state index in [1.807, 2.05) is 0 Å². The molecule has 0 radical (unpaired) electrons. The van der Waals surface area contributed by atoms with Crippen LogP contribution in [0.4, 0.5) is 18.9 Å². The van der Waals surface area contributed by atoms with Crippen LogP contribution in [-0.2, 0) is 12.6 Å². The Morgan fingerprint density at radius 1 is 1.18 bits per heavy atom. The van der Waals surface area contributed by atoms with E-state index in [1.165, 1.54) is 17.0 Å². The number of fused-ring (bicyclic) bond motifs is 1. The Balaban J connectivity index is 1.96. The smallest absolute Gasteiger partial charge is 0.307 e. The molecule has 0 aliphatic carbocycles. The van der Waals surface area contributed by atoms with Crippen molar-refractivity contribution in [3.63, 3.8) is 0 Å². The van der Waals surface area contributed by atoms with Crippen molar-refractivity contribution in [2.45, 2.75) is 19.0 Å². The van der Waals surface area contributed by atoms with E-state index in [0.29, 0.717) is 12.2 Å². The molecule has 0 atom stereocenters. The Morgan fingerprint density at radius 3 is 2.77 bits per heavy atom. The average molecular weight is 306 g/mol. The van der Waals surface area contributed by atoms with Gasteiger partial charge < -0.3 is 4.90 Å². The Bertz CT molecular complexity index is 713. The molecule has 0 bridgehead atoms. The first kappa shape index (κ1) is 14.6. The Kier molecular flexibility index (Phi) is 3.60. The van der Waals surface area contributed by atoms with Crippen LogP contribution in [0, 0.1) is 0 Å². The van der Waals surface area contributed by atoms with Gasteiger partial charge in [-0.1, -0.05) is 6.07 Å². The summed E-state index contributed by atoms with van der Waals surface area (Å²) in [5.74, 6) is -0.431. The molecule has 1 amide bonds. The largest absolute Gasteiger partial charge is 0.416 e. The Morgan fingerprint density at radius 2 is 2.00 bits per heavy atom. The van der Waals surface area contributed by atoms with E-state index in [4.69, 9.17) is 0 Å². The zero-order valence-corrected chi connectivity index (χ0v) is 11.6. The number of carbonyl (C=O) groups is 1. The van der Waals surface area contributed by atoms with Crippen molar-refractivity contribution >= 4 is 11.6 Å². The summed E-state index contributed by atoms with van der Waals surface area (Å²) in [6, 6.07) is 8.01. The molecular weight excluding hydrogens is 293 g/mol. The predicted molar refractivity (Wildman–Crippen MR) is 75.7 cm³/mol. The molecule has 0 N–H and O–H groups in total. The second kappa shape index (κ2) is 5.44. The number of hydrogen-bond acceptors (Lipinski definition) is 2. The number of hydrogen-bond donors (Lipinski definition) is 0. The standard InChI is InChI=1S/C16H13F3N2O/c17-16(18,19)12-5-1-4-11(10-12)15(22)21-9-3-6-13-14(21)7-2-8-20-13/h1-2,4-5,7-8,10H,3,6,9H2. The minimum Gasteiger partial charge on any atom is -0.307 e. The predicted octanol–water partition coefficient (Wildman–Crippen LogP) is 3.69. The zero-order valence-electron chi connectivity index (χ0n) is 11.6. The average Bonchev–Trinajstić information content (AvgIpc) is 2.53. The quantitative estimate of drug-likeness (QED) is 0.805. The van der Waals surface area contributed by atoms with Gasteiger partial charge in [-0.25, -0.2) is 0 Å². The molecule has 0 unspecified atom stereocenters. The molecule has 0 saturated heterocycles. The van der Waals surface area contributed by atoms with Crippen molar-refractivity contribution in [2.75, 3.05) is 11.4 Å². The van der Waals surface area contributed by atoms with Crippen LogP contribution in [-0.4, -0.2) is 17.4 Å². The molecule has 1 aliphatic heterocycles. The van der Waals surface area contributed by atoms with Crippen molar-refractivity contribution in [1.82, 2.24) is 4.98 Å². The molecule has 0 saturated carbocycles. The third-order valence-corrected chi connectivity index (χ3v) is 3.63. The summed E-state index contributed by atoms with van der Waals surface area (Å²) in [7, 11) is 0. The molecule has 1 aromatic carbocycles. The van der Waals surface area contributed by atoms with E-state index in [-0.39, 0.29) is 5.56 Å². The molecule has 6 heteroatoms. The third-order valence-electron chi connectivity index (χ3n) is 3.63. The molecule has 114 valence electrons. The molecule has 3 rings (SSSR count). The maximum atomic E-state index is 12.8. The summed E-state index contributed by atoms with van der Waals surface area (Å²) in [6.07, 6.45) is -1.30. The van der Waals surface area contributed by atoms with E-state index in [9.17, 15) is 18.0 Å². The maximum absolute atomic E-state index is 12.8. The SMILES string of the molecule is O=C(c1cccc(C(F)(F)F)c1)N1CCCc2ncccc21. The van der Waals surface area contributed by atoms with Crippen LogP contribution in [0.2, 0.25) is 0 Å². The van der Waals surface area contributed by atoms with Crippen molar-refractivity contribution in [2.24, 2.45) is 0 Å². The second-order valence-electron chi connectivity index (χ2n) is 5.11. The maximum Gasteiger partial charge on any atom is 0.416 e. The molecule has 3 nitrogen and oxygen atoms in total. The fraction of sp³-hybridized carbons (Fsp3) is 0.250. The second-order valence-corrected chi connectivity index (χ2v) is 5.11. The van der Waals surface area contributed by atoms with Crippen LogP contribution in [0.1, 0.15) is 28.0 Å². The minimum atomic E-state index is -4.46. The lowest BCUT2D eigenvalue weighted by molar-refractivity contribution is -0.137. The molecule has 1 aliphatic rings. The summed E-state index contributed by atoms with van der Waals surface area (Å²) < 4.78 is 38.3. The van der Waals surface area contributed by atoms with Gasteiger partial charge in [0.2, 0.25) is 0 Å². The first-order valence-corrected chi connectivity index (χ1v) is 6.90. The number of anilines is 1. The van der Waals surface area contributed by atoms with Gasteiger partial charge >= 0.3 is 6.18 Å². The lowest BCUT2D eigenvalue weighted by atomic mass is 10.0. The number of alkyl halides is 3. The summed E-state index contributed by atoms with van der Waals surface area (Å²) in [5, 5.41) is 0. The van der Waals surface area contributed by atoms with Gasteiger partial charge in [0.05, 0.1) is 16.9 Å². The number of benzene rings is 1. The first-order chi connectivity index (χ1) is 10.5. The van der Waals surface area contributed by atoms with Crippen LogP contribution in [0.3, 0.4) is 0 Å². The van der Waals surface area contributed by atoms with Crippen molar-refractivity contribution in [1.29, 1.82) is 0 Å². The van der Waals surface area contributed by atoms with Crippen molar-refractivity contribution in [3.8, 4) is 0 Å². The highest BCUT2D eigenvalue weighted by Crippen LogP contribution is 2.31. The molecule has 2 aromatic rings. The molecule has 1 aromatic heterocycles. The third kappa shape index (κ3) is 2.68. The van der Waals surface area contributed by atoms with E-state index in [1.54, 1.807) is 18.3 Å². The van der Waals surface area contributed by atoms with Crippen LogP contribution >= 0.6 is 0 Å². The first-order valence-electron chi connectivity index (χ1n) is 6.90. The lowest BCUT2D eigenvalue weighted by Crippen LogP contribution is -2.35. The summed E-state index contributed by atoms with van der Waals surface area (Å²) in [4.78, 5) is 18.3. The van der Waals surface area contributed by atoms with E-state index in [2.05, 4.69) is 4.98 Å². The number of aromatic nitrogens is 1. The number of amides is 1. The van der Waals surface area contributed by atoms with Gasteiger partial charge in [-0.3, -0.25) is 9.78 Å². The van der Waals surface area contributed by atoms with Gasteiger partial charge in [0.15, 0.2) is 0 Å². The number of aryl methyl sites for hydroxylation is 1. The topological polar surface area (TPSA) is 33.2 Å². The van der Waals surface area contributed by atoms with Crippen LogP contribution in [0.15, 0.2) is 42.6 Å². The number of carbonyl (C=O) groups excluding carboxylic acids is 1. The molecular formula is C16H13F3N2O. The minimum absolute atomic E-state index is 0.0338. The number of halogens is 3. The van der Waals surface area contributed by atoms with Crippen LogP contribution < -0.4 is 4.90 Å². The van der Waals surface area contributed by atoms with Crippen molar-refractivity contribution < 1.29 is 18.0 Å². The molecule has 0 spiro atoms. The molecule has 2 heterocycles. The number of rotatable bonds is 1. The highest BCUT2D eigenvalue weighted by atomic mass is 19.4. The lowest BCUT2D eigenvalue weighted by Gasteiger charge is -2.28. The van der Waals surface area contributed by atoms with Crippen LogP contribution in [0.5, 0.6) is 0 Å². The molecule has 0 fully saturated rings. The summed E-state index contributed by atoms with van der Waals surface area (Å²) in [6.45, 7) is 0.480. The fourth-order valence-electron chi connectivity index (χ4n) is 2.59. The summed E-state index contributed by atoms with van der Waals surface area (Å²) in [5.41, 5.74) is 0.693. The van der Waals surface area contributed by atoms with E-state index in [0.717, 1.165) is 30.7 Å². The van der Waals surface area contributed by atoms with Gasteiger partial charge in [0, 0.05) is 18.3 Å². The van der Waals surface area contributed by atoms with Gasteiger partial charge in [0.1, 0.15) is 0 Å². The number of nitrogens with zero attached hydrogens (tertiary/aromatic N) is 2.